The van der Waals surface area contributed by atoms with Crippen LogP contribution in [0.5, 0.6) is 0 Å². The van der Waals surface area contributed by atoms with Crippen molar-refractivity contribution in [1.82, 2.24) is 5.32 Å². The first-order valence-electron chi connectivity index (χ1n) is 35.4. The van der Waals surface area contributed by atoms with E-state index in [1.54, 1.807) is 6.08 Å². The van der Waals surface area contributed by atoms with E-state index in [9.17, 15) is 19.8 Å². The van der Waals surface area contributed by atoms with Gasteiger partial charge in [0, 0.05) is 12.8 Å². The Morgan fingerprint density at radius 3 is 1.00 bits per heavy atom. The van der Waals surface area contributed by atoms with Crippen LogP contribution in [-0.2, 0) is 14.3 Å². The van der Waals surface area contributed by atoms with Gasteiger partial charge in [0.1, 0.15) is 0 Å². The molecule has 0 aliphatic carbocycles. The molecule has 0 fully saturated rings. The van der Waals surface area contributed by atoms with Crippen molar-refractivity contribution in [3.05, 3.63) is 48.6 Å². The van der Waals surface area contributed by atoms with Crippen LogP contribution in [0.3, 0.4) is 0 Å². The minimum Gasteiger partial charge on any atom is -0.466 e. The molecule has 3 N–H and O–H groups in total. The molecule has 79 heavy (non-hydrogen) atoms. The monoisotopic (exact) mass is 1110 g/mol. The molecular weight excluding hydrogens is 971 g/mol. The predicted molar refractivity (Wildman–Crippen MR) is 347 cm³/mol. The Hall–Kier alpha value is -2.18. The molecule has 0 saturated carbocycles. The number of hydrogen-bond donors (Lipinski definition) is 3. The number of rotatable bonds is 66. The van der Waals surface area contributed by atoms with Crippen LogP contribution in [0.4, 0.5) is 0 Å². The van der Waals surface area contributed by atoms with Gasteiger partial charge in [-0.05, 0) is 89.9 Å². The summed E-state index contributed by atoms with van der Waals surface area (Å²) in [4.78, 5) is 24.5. The van der Waals surface area contributed by atoms with Crippen molar-refractivity contribution in [1.29, 1.82) is 0 Å². The molecule has 0 radical (unpaired) electrons. The Bertz CT molecular complexity index is 1320. The molecule has 464 valence electrons. The number of carbonyl (C=O) groups is 2. The van der Waals surface area contributed by atoms with Crippen molar-refractivity contribution >= 4 is 11.9 Å². The van der Waals surface area contributed by atoms with Crippen LogP contribution in [0.2, 0.25) is 0 Å². The SMILES string of the molecule is CCCCC/C=C\C/C=C\CCCCCCCCCC(=O)OCCCCCCCCCCCCCC/C=C\CCCCCCCCCCCCCCCCCCCC(=O)NC(CO)C(O)/C=C/CCCCCCCCCCCC. The molecular formula is C73H137NO5. The van der Waals surface area contributed by atoms with Gasteiger partial charge >= 0.3 is 5.97 Å². The molecule has 0 aromatic heterocycles. The highest BCUT2D eigenvalue weighted by atomic mass is 16.5. The number of aliphatic hydroxyl groups is 2. The molecule has 0 rings (SSSR count). The van der Waals surface area contributed by atoms with Crippen molar-refractivity contribution in [2.24, 2.45) is 0 Å². The van der Waals surface area contributed by atoms with E-state index in [1.807, 2.05) is 6.08 Å². The largest absolute Gasteiger partial charge is 0.466 e. The van der Waals surface area contributed by atoms with Crippen LogP contribution in [-0.4, -0.2) is 47.4 Å². The van der Waals surface area contributed by atoms with Crippen LogP contribution < -0.4 is 5.32 Å². The smallest absolute Gasteiger partial charge is 0.305 e. The van der Waals surface area contributed by atoms with E-state index < -0.39 is 12.1 Å². The fourth-order valence-electron chi connectivity index (χ4n) is 10.9. The minimum atomic E-state index is -0.841. The van der Waals surface area contributed by atoms with E-state index in [0.29, 0.717) is 19.4 Å². The maximum Gasteiger partial charge on any atom is 0.305 e. The summed E-state index contributed by atoms with van der Waals surface area (Å²) in [5, 5.41) is 23.1. The zero-order valence-corrected chi connectivity index (χ0v) is 53.1. The van der Waals surface area contributed by atoms with Gasteiger partial charge < -0.3 is 20.3 Å². The first kappa shape index (κ1) is 76.8. The fourth-order valence-corrected chi connectivity index (χ4v) is 10.9. The molecule has 0 bridgehead atoms. The lowest BCUT2D eigenvalue weighted by molar-refractivity contribution is -0.143. The van der Waals surface area contributed by atoms with E-state index in [1.165, 1.54) is 302 Å². The van der Waals surface area contributed by atoms with Gasteiger partial charge in [0.2, 0.25) is 5.91 Å². The van der Waals surface area contributed by atoms with E-state index in [4.69, 9.17) is 4.74 Å². The molecule has 0 heterocycles. The van der Waals surface area contributed by atoms with E-state index >= 15 is 0 Å². The van der Waals surface area contributed by atoms with Crippen molar-refractivity contribution in [3.8, 4) is 0 Å². The van der Waals surface area contributed by atoms with Crippen LogP contribution in [0.1, 0.15) is 380 Å². The summed E-state index contributed by atoms with van der Waals surface area (Å²) in [7, 11) is 0. The number of esters is 1. The molecule has 0 aliphatic heterocycles. The standard InChI is InChI=1S/C73H137NO5/c1-3-5-7-9-11-13-15-17-18-36-40-43-47-51-55-59-63-67-73(78)79-68-64-60-56-52-48-44-41-38-35-33-31-29-27-25-23-21-19-20-22-24-26-28-30-32-34-37-39-42-46-50-54-58-62-66-72(77)74-70(69-75)71(76)65-61-57-53-49-45-16-14-12-10-8-6-4-2/h11,13,17-18,23,25,61,65,70-71,75-76H,3-10,12,14-16,19-22,24,26-60,62-64,66-69H2,1-2H3,(H,74,77)/b13-11-,18-17-,25-23-,65-61+. The van der Waals surface area contributed by atoms with Crippen molar-refractivity contribution in [2.75, 3.05) is 13.2 Å². The van der Waals surface area contributed by atoms with Gasteiger partial charge in [-0.3, -0.25) is 9.59 Å². The number of aliphatic hydroxyl groups excluding tert-OH is 2. The summed E-state index contributed by atoms with van der Waals surface area (Å²) in [6, 6.07) is -0.625. The summed E-state index contributed by atoms with van der Waals surface area (Å²) >= 11 is 0. The Balaban J connectivity index is 3.35. The first-order chi connectivity index (χ1) is 39.0. The fraction of sp³-hybridized carbons (Fsp3) is 0.863. The third kappa shape index (κ3) is 64.8. The molecule has 0 aromatic carbocycles. The summed E-state index contributed by atoms with van der Waals surface area (Å²) < 4.78 is 5.50. The highest BCUT2D eigenvalue weighted by Gasteiger charge is 2.18. The summed E-state index contributed by atoms with van der Waals surface area (Å²) in [5.74, 6) is -0.0539. The lowest BCUT2D eigenvalue weighted by Crippen LogP contribution is -2.45. The zero-order chi connectivity index (χ0) is 57.1. The normalized spacial score (nSPS) is 12.8. The second kappa shape index (κ2) is 68.3. The lowest BCUT2D eigenvalue weighted by Gasteiger charge is -2.20. The molecule has 0 aromatic rings. The van der Waals surface area contributed by atoms with Gasteiger partial charge in [0.15, 0.2) is 0 Å². The maximum absolute atomic E-state index is 12.5. The van der Waals surface area contributed by atoms with Crippen molar-refractivity contribution in [3.63, 3.8) is 0 Å². The average molecular weight is 1110 g/mol. The van der Waals surface area contributed by atoms with Crippen LogP contribution in [0.25, 0.3) is 0 Å². The summed E-state index contributed by atoms with van der Waals surface area (Å²) in [5.41, 5.74) is 0. The highest BCUT2D eigenvalue weighted by Crippen LogP contribution is 2.18. The highest BCUT2D eigenvalue weighted by molar-refractivity contribution is 5.76. The first-order valence-corrected chi connectivity index (χ1v) is 35.4. The van der Waals surface area contributed by atoms with Crippen molar-refractivity contribution in [2.45, 2.75) is 392 Å². The van der Waals surface area contributed by atoms with Crippen LogP contribution in [0.15, 0.2) is 48.6 Å². The Morgan fingerprint density at radius 2 is 0.633 bits per heavy atom. The Morgan fingerprint density at radius 1 is 0.354 bits per heavy atom. The number of hydrogen-bond acceptors (Lipinski definition) is 5. The molecule has 1 amide bonds. The zero-order valence-electron chi connectivity index (χ0n) is 53.1. The minimum absolute atomic E-state index is 0.0107. The molecule has 2 atom stereocenters. The second-order valence-corrected chi connectivity index (χ2v) is 24.2. The van der Waals surface area contributed by atoms with Gasteiger partial charge in [0.25, 0.3) is 0 Å². The Labute approximate surface area is 493 Å². The molecule has 6 heteroatoms. The molecule has 0 aliphatic rings. The predicted octanol–water partition coefficient (Wildman–Crippen LogP) is 22.9. The third-order valence-electron chi connectivity index (χ3n) is 16.3. The third-order valence-corrected chi connectivity index (χ3v) is 16.3. The number of unbranched alkanes of at least 4 members (excludes halogenated alkanes) is 49. The van der Waals surface area contributed by atoms with Gasteiger partial charge in [-0.2, -0.15) is 0 Å². The summed E-state index contributed by atoms with van der Waals surface area (Å²) in [6.07, 6.45) is 89.2. The second-order valence-electron chi connectivity index (χ2n) is 24.2. The van der Waals surface area contributed by atoms with Gasteiger partial charge in [-0.25, -0.2) is 0 Å². The van der Waals surface area contributed by atoms with E-state index in [0.717, 1.165) is 51.4 Å². The van der Waals surface area contributed by atoms with Gasteiger partial charge in [-0.15, -0.1) is 0 Å². The van der Waals surface area contributed by atoms with Crippen LogP contribution >= 0.6 is 0 Å². The molecule has 0 saturated heterocycles. The number of carbonyl (C=O) groups excluding carboxylic acids is 2. The maximum atomic E-state index is 12.5. The molecule has 6 nitrogen and oxygen atoms in total. The number of allylic oxidation sites excluding steroid dienone is 7. The number of nitrogens with one attached hydrogen (secondary N) is 1. The van der Waals surface area contributed by atoms with E-state index in [-0.39, 0.29) is 18.5 Å². The van der Waals surface area contributed by atoms with Gasteiger partial charge in [-0.1, -0.05) is 326 Å². The lowest BCUT2D eigenvalue weighted by atomic mass is 10.0. The number of amides is 1. The molecule has 0 spiro atoms. The number of ether oxygens (including phenoxy) is 1. The Kier molecular flexibility index (Phi) is 66.4. The van der Waals surface area contributed by atoms with Gasteiger partial charge in [0.05, 0.1) is 25.4 Å². The summed E-state index contributed by atoms with van der Waals surface area (Å²) in [6.45, 7) is 4.89. The topological polar surface area (TPSA) is 95.9 Å². The van der Waals surface area contributed by atoms with Crippen LogP contribution in [0, 0.1) is 0 Å². The van der Waals surface area contributed by atoms with E-state index in [2.05, 4.69) is 55.6 Å². The van der Waals surface area contributed by atoms with Crippen molar-refractivity contribution < 1.29 is 24.5 Å². The molecule has 2 unspecified atom stereocenters. The average Bonchev–Trinajstić information content (AvgIpc) is 3.45. The quantitative estimate of drug-likeness (QED) is 0.0320.